The van der Waals surface area contributed by atoms with Crippen LogP contribution in [0.5, 0.6) is 5.88 Å². The van der Waals surface area contributed by atoms with Crippen LogP contribution in [0, 0.1) is 6.92 Å². The van der Waals surface area contributed by atoms with Crippen LogP contribution < -0.4 is 10.1 Å². The number of nitrogens with one attached hydrogen (secondary N) is 1. The molecule has 0 bridgehead atoms. The van der Waals surface area contributed by atoms with Crippen molar-refractivity contribution in [3.05, 3.63) is 17.0 Å². The van der Waals surface area contributed by atoms with Crippen LogP contribution >= 0.6 is 11.6 Å². The lowest BCUT2D eigenvalue weighted by Crippen LogP contribution is -2.38. The van der Waals surface area contributed by atoms with E-state index in [9.17, 15) is 0 Å². The Balaban J connectivity index is 1.88. The Morgan fingerprint density at radius 3 is 3.06 bits per heavy atom. The van der Waals surface area contributed by atoms with Gasteiger partial charge in [-0.15, -0.1) is 0 Å². The smallest absolute Gasteiger partial charge is 0.225 e. The lowest BCUT2D eigenvalue weighted by Gasteiger charge is -2.23. The summed E-state index contributed by atoms with van der Waals surface area (Å²) < 4.78 is 5.61. The molecule has 0 radical (unpaired) electrons. The van der Waals surface area contributed by atoms with Crippen LogP contribution in [0.3, 0.4) is 0 Å². The van der Waals surface area contributed by atoms with E-state index in [0.29, 0.717) is 18.5 Å². The van der Waals surface area contributed by atoms with Gasteiger partial charge in [0.1, 0.15) is 6.61 Å². The summed E-state index contributed by atoms with van der Waals surface area (Å²) in [7, 11) is 0. The zero-order valence-corrected chi connectivity index (χ0v) is 10.1. The van der Waals surface area contributed by atoms with Gasteiger partial charge in [-0.3, -0.25) is 0 Å². The summed E-state index contributed by atoms with van der Waals surface area (Å²) >= 11 is 5.75. The highest BCUT2D eigenvalue weighted by molar-refractivity contribution is 6.28. The van der Waals surface area contributed by atoms with E-state index >= 15 is 0 Å². The number of nitrogens with zero attached hydrogens (tertiary/aromatic N) is 2. The molecule has 5 heteroatoms. The summed E-state index contributed by atoms with van der Waals surface area (Å²) in [6.07, 6.45) is 3.69. The van der Waals surface area contributed by atoms with Crippen LogP contribution in [0.4, 0.5) is 0 Å². The van der Waals surface area contributed by atoms with Crippen molar-refractivity contribution in [1.29, 1.82) is 0 Å². The first-order valence-electron chi connectivity index (χ1n) is 5.61. The molecule has 16 heavy (non-hydrogen) atoms. The van der Waals surface area contributed by atoms with Crippen LogP contribution in [0.1, 0.15) is 25.0 Å². The number of rotatable bonds is 3. The van der Waals surface area contributed by atoms with Gasteiger partial charge in [0.25, 0.3) is 0 Å². The molecule has 1 atom stereocenters. The Bertz CT molecular complexity index is 333. The van der Waals surface area contributed by atoms with Crippen LogP contribution in [-0.2, 0) is 0 Å². The van der Waals surface area contributed by atoms with E-state index in [2.05, 4.69) is 15.3 Å². The lowest BCUT2D eigenvalue weighted by atomic mass is 10.1. The highest BCUT2D eigenvalue weighted by atomic mass is 35.5. The molecule has 1 fully saturated rings. The third-order valence-corrected chi connectivity index (χ3v) is 2.82. The van der Waals surface area contributed by atoms with Gasteiger partial charge >= 0.3 is 0 Å². The highest BCUT2D eigenvalue weighted by Gasteiger charge is 2.13. The first-order chi connectivity index (χ1) is 7.74. The molecule has 0 spiro atoms. The van der Waals surface area contributed by atoms with Gasteiger partial charge in [0.15, 0.2) is 0 Å². The van der Waals surface area contributed by atoms with Crippen molar-refractivity contribution in [2.75, 3.05) is 13.2 Å². The summed E-state index contributed by atoms with van der Waals surface area (Å²) in [6, 6.07) is 2.23. The fourth-order valence-corrected chi connectivity index (χ4v) is 2.05. The number of ether oxygens (including phenoxy) is 1. The number of hydrogen-bond donors (Lipinski definition) is 1. The number of hydrogen-bond acceptors (Lipinski definition) is 4. The summed E-state index contributed by atoms with van der Waals surface area (Å²) in [5.74, 6) is 0.560. The lowest BCUT2D eigenvalue weighted by molar-refractivity contribution is 0.231. The molecule has 2 rings (SSSR count). The Morgan fingerprint density at radius 1 is 1.50 bits per heavy atom. The predicted molar refractivity (Wildman–Crippen MR) is 62.9 cm³/mol. The SMILES string of the molecule is Cc1cc(OC[C@@H]2CCCCN2)nc(Cl)n1. The molecule has 0 unspecified atom stereocenters. The van der Waals surface area contributed by atoms with E-state index in [1.54, 1.807) is 6.07 Å². The topological polar surface area (TPSA) is 47.0 Å². The average molecular weight is 242 g/mol. The second-order valence-electron chi connectivity index (χ2n) is 4.07. The Hall–Kier alpha value is -0.870. The maximum atomic E-state index is 5.75. The molecule has 1 N–H and O–H groups in total. The molecule has 2 heterocycles. The van der Waals surface area contributed by atoms with Gasteiger partial charge in [0.2, 0.25) is 11.2 Å². The van der Waals surface area contributed by atoms with Crippen LogP contribution in [-0.4, -0.2) is 29.2 Å². The molecule has 1 aromatic heterocycles. The van der Waals surface area contributed by atoms with Gasteiger partial charge in [-0.25, -0.2) is 4.98 Å². The van der Waals surface area contributed by atoms with Gasteiger partial charge in [0.05, 0.1) is 0 Å². The maximum Gasteiger partial charge on any atom is 0.225 e. The standard InChI is InChI=1S/C11H16ClN3O/c1-8-6-10(15-11(12)14-8)16-7-9-4-2-3-5-13-9/h6,9,13H,2-5,7H2,1H3/t9-/m0/s1. The van der Waals surface area contributed by atoms with Crippen molar-refractivity contribution < 1.29 is 4.74 Å². The predicted octanol–water partition coefficient (Wildman–Crippen LogP) is 1.96. The van der Waals surface area contributed by atoms with Crippen molar-refractivity contribution in [2.24, 2.45) is 0 Å². The van der Waals surface area contributed by atoms with Gasteiger partial charge in [-0.2, -0.15) is 4.98 Å². The Kier molecular flexibility index (Phi) is 3.96. The monoisotopic (exact) mass is 241 g/mol. The van der Waals surface area contributed by atoms with Crippen molar-refractivity contribution in [3.8, 4) is 5.88 Å². The Morgan fingerprint density at radius 2 is 2.38 bits per heavy atom. The van der Waals surface area contributed by atoms with Crippen molar-refractivity contribution in [1.82, 2.24) is 15.3 Å². The summed E-state index contributed by atoms with van der Waals surface area (Å²) in [6.45, 7) is 3.60. The zero-order chi connectivity index (χ0) is 11.4. The molecule has 1 aromatic rings. The second kappa shape index (κ2) is 5.46. The largest absolute Gasteiger partial charge is 0.476 e. The molecule has 4 nitrogen and oxygen atoms in total. The summed E-state index contributed by atoms with van der Waals surface area (Å²) in [5, 5.41) is 3.66. The molecule has 1 aliphatic heterocycles. The van der Waals surface area contributed by atoms with Crippen LogP contribution in [0.2, 0.25) is 5.28 Å². The average Bonchev–Trinajstić information content (AvgIpc) is 2.27. The molecule has 1 aliphatic rings. The van der Waals surface area contributed by atoms with Crippen LogP contribution in [0.25, 0.3) is 0 Å². The third kappa shape index (κ3) is 3.32. The molecule has 0 saturated carbocycles. The molecule has 0 aliphatic carbocycles. The molecule has 0 aromatic carbocycles. The first kappa shape index (κ1) is 11.6. The van der Waals surface area contributed by atoms with Gasteiger partial charge in [-0.1, -0.05) is 6.42 Å². The normalized spacial score (nSPS) is 20.8. The molecular formula is C11H16ClN3O. The molecule has 1 saturated heterocycles. The maximum absolute atomic E-state index is 5.75. The second-order valence-corrected chi connectivity index (χ2v) is 4.41. The fraction of sp³-hybridized carbons (Fsp3) is 0.636. The zero-order valence-electron chi connectivity index (χ0n) is 9.37. The van der Waals surface area contributed by atoms with Crippen molar-refractivity contribution in [2.45, 2.75) is 32.2 Å². The van der Waals surface area contributed by atoms with Gasteiger partial charge in [0, 0.05) is 17.8 Å². The molecular weight excluding hydrogens is 226 g/mol. The van der Waals surface area contributed by atoms with Crippen LogP contribution in [0.15, 0.2) is 6.07 Å². The number of aryl methyl sites for hydroxylation is 1. The van der Waals surface area contributed by atoms with Crippen molar-refractivity contribution in [3.63, 3.8) is 0 Å². The van der Waals surface area contributed by atoms with E-state index in [1.807, 2.05) is 6.92 Å². The van der Waals surface area contributed by atoms with E-state index in [4.69, 9.17) is 16.3 Å². The van der Waals surface area contributed by atoms with E-state index in [0.717, 1.165) is 18.7 Å². The Labute approximate surface area is 100 Å². The van der Waals surface area contributed by atoms with Gasteiger partial charge < -0.3 is 10.1 Å². The minimum atomic E-state index is 0.242. The highest BCUT2D eigenvalue weighted by Crippen LogP contribution is 2.14. The van der Waals surface area contributed by atoms with E-state index in [-0.39, 0.29) is 5.28 Å². The minimum Gasteiger partial charge on any atom is -0.476 e. The molecule has 0 amide bonds. The minimum absolute atomic E-state index is 0.242. The number of aromatic nitrogens is 2. The van der Waals surface area contributed by atoms with E-state index < -0.39 is 0 Å². The summed E-state index contributed by atoms with van der Waals surface area (Å²) in [5.41, 5.74) is 0.826. The summed E-state index contributed by atoms with van der Waals surface area (Å²) in [4.78, 5) is 8.01. The third-order valence-electron chi connectivity index (χ3n) is 2.65. The van der Waals surface area contributed by atoms with E-state index in [1.165, 1.54) is 12.8 Å². The molecule has 88 valence electrons. The fourth-order valence-electron chi connectivity index (χ4n) is 1.83. The van der Waals surface area contributed by atoms with Crippen molar-refractivity contribution >= 4 is 11.6 Å². The quantitative estimate of drug-likeness (QED) is 0.822. The number of halogens is 1. The first-order valence-corrected chi connectivity index (χ1v) is 5.99. The van der Waals surface area contributed by atoms with Gasteiger partial charge in [-0.05, 0) is 37.9 Å². The number of piperidine rings is 1.